The third kappa shape index (κ3) is 2.42. The van der Waals surface area contributed by atoms with Gasteiger partial charge in [0.15, 0.2) is 0 Å². The summed E-state index contributed by atoms with van der Waals surface area (Å²) in [4.78, 5) is 29.7. The molecule has 0 saturated heterocycles. The van der Waals surface area contributed by atoms with Gasteiger partial charge in [0.25, 0.3) is 5.56 Å². The van der Waals surface area contributed by atoms with Crippen LogP contribution in [0.5, 0.6) is 5.88 Å². The van der Waals surface area contributed by atoms with Gasteiger partial charge in [0, 0.05) is 6.20 Å². The van der Waals surface area contributed by atoms with E-state index in [0.717, 1.165) is 10.1 Å². The van der Waals surface area contributed by atoms with Crippen molar-refractivity contribution in [1.82, 2.24) is 14.5 Å². The molecule has 2 rings (SSSR count). The summed E-state index contributed by atoms with van der Waals surface area (Å²) in [5, 5.41) is 10.0. The van der Waals surface area contributed by atoms with E-state index in [0.29, 0.717) is 12.1 Å². The van der Waals surface area contributed by atoms with Crippen LogP contribution in [-0.2, 0) is 13.0 Å². The van der Waals surface area contributed by atoms with E-state index in [9.17, 15) is 14.7 Å². The topological polar surface area (TPSA) is 88.0 Å². The molecule has 6 nitrogen and oxygen atoms in total. The lowest BCUT2D eigenvalue weighted by Gasteiger charge is -2.11. The number of aromatic hydroxyl groups is 1. The van der Waals surface area contributed by atoms with Crippen LogP contribution in [0.15, 0.2) is 27.9 Å². The number of nitrogens with one attached hydrogen (secondary N) is 1. The van der Waals surface area contributed by atoms with Crippen LogP contribution in [0.25, 0.3) is 0 Å². The molecule has 0 fully saturated rings. The molecule has 0 aromatic carbocycles. The highest BCUT2D eigenvalue weighted by Gasteiger charge is 2.13. The van der Waals surface area contributed by atoms with E-state index in [2.05, 4.69) is 9.97 Å². The predicted octanol–water partition coefficient (Wildman–Crippen LogP) is 0.556. The molecule has 2 aromatic heterocycles. The second-order valence-corrected chi connectivity index (χ2v) is 4.27. The zero-order valence-corrected chi connectivity index (χ0v) is 10.8. The lowest BCUT2D eigenvalue weighted by atomic mass is 10.2. The Bertz CT molecular complexity index is 716. The first-order chi connectivity index (χ1) is 9.04. The quantitative estimate of drug-likeness (QED) is 0.844. The molecule has 0 aliphatic rings. The first kappa shape index (κ1) is 13.1. The molecular formula is C13H15N3O3. The Kier molecular flexibility index (Phi) is 3.50. The largest absolute Gasteiger partial charge is 0.494 e. The Morgan fingerprint density at radius 1 is 1.42 bits per heavy atom. The molecule has 0 atom stereocenters. The monoisotopic (exact) mass is 261 g/mol. The van der Waals surface area contributed by atoms with Gasteiger partial charge in [-0.3, -0.25) is 19.3 Å². The molecule has 6 heteroatoms. The van der Waals surface area contributed by atoms with Crippen molar-refractivity contribution in [3.8, 4) is 5.88 Å². The predicted molar refractivity (Wildman–Crippen MR) is 70.4 cm³/mol. The number of hydrogen-bond donors (Lipinski definition) is 2. The van der Waals surface area contributed by atoms with Gasteiger partial charge < -0.3 is 5.11 Å². The summed E-state index contributed by atoms with van der Waals surface area (Å²) in [6, 6.07) is 3.67. The smallest absolute Gasteiger partial charge is 0.331 e. The number of H-pyrrole nitrogens is 1. The van der Waals surface area contributed by atoms with Crippen LogP contribution >= 0.6 is 0 Å². The summed E-state index contributed by atoms with van der Waals surface area (Å²) in [5.41, 5.74) is 0.615. The maximum atomic E-state index is 11.8. The lowest BCUT2D eigenvalue weighted by Crippen LogP contribution is -2.32. The minimum atomic E-state index is -0.634. The van der Waals surface area contributed by atoms with Gasteiger partial charge in [0.2, 0.25) is 5.88 Å². The Morgan fingerprint density at radius 3 is 2.79 bits per heavy atom. The summed E-state index contributed by atoms with van der Waals surface area (Å²) in [7, 11) is 0. The van der Waals surface area contributed by atoms with Gasteiger partial charge in [0.05, 0.1) is 17.8 Å². The molecule has 2 heterocycles. The molecule has 2 N–H and O–H groups in total. The van der Waals surface area contributed by atoms with Crippen molar-refractivity contribution in [1.29, 1.82) is 0 Å². The minimum Gasteiger partial charge on any atom is -0.494 e. The fourth-order valence-corrected chi connectivity index (χ4v) is 1.90. The van der Waals surface area contributed by atoms with Crippen molar-refractivity contribution < 1.29 is 5.11 Å². The second kappa shape index (κ2) is 5.09. The summed E-state index contributed by atoms with van der Waals surface area (Å²) < 4.78 is 1.12. The Morgan fingerprint density at radius 2 is 2.16 bits per heavy atom. The lowest BCUT2D eigenvalue weighted by molar-refractivity contribution is 0.400. The minimum absolute atomic E-state index is 0.126. The van der Waals surface area contributed by atoms with E-state index >= 15 is 0 Å². The number of rotatable bonds is 3. The van der Waals surface area contributed by atoms with Crippen LogP contribution in [0.2, 0.25) is 0 Å². The molecule has 0 aliphatic carbocycles. The van der Waals surface area contributed by atoms with Gasteiger partial charge in [0.1, 0.15) is 0 Å². The molecular weight excluding hydrogens is 246 g/mol. The molecule has 100 valence electrons. The number of nitrogens with zero attached hydrogens (tertiary/aromatic N) is 2. The fraction of sp³-hybridized carbons (Fsp3) is 0.308. The van der Waals surface area contributed by atoms with Crippen molar-refractivity contribution >= 4 is 0 Å². The van der Waals surface area contributed by atoms with E-state index in [-0.39, 0.29) is 18.0 Å². The van der Waals surface area contributed by atoms with Gasteiger partial charge in [-0.05, 0) is 25.0 Å². The molecule has 0 spiro atoms. The van der Waals surface area contributed by atoms with E-state index in [4.69, 9.17) is 0 Å². The average molecular weight is 261 g/mol. The van der Waals surface area contributed by atoms with Gasteiger partial charge in [-0.25, -0.2) is 4.79 Å². The van der Waals surface area contributed by atoms with Crippen LogP contribution in [-0.4, -0.2) is 19.6 Å². The van der Waals surface area contributed by atoms with Gasteiger partial charge in [-0.1, -0.05) is 13.0 Å². The number of aromatic amines is 1. The summed E-state index contributed by atoms with van der Waals surface area (Å²) >= 11 is 0. The van der Waals surface area contributed by atoms with Crippen LogP contribution in [0.1, 0.15) is 23.7 Å². The third-order valence-corrected chi connectivity index (χ3v) is 3.04. The van der Waals surface area contributed by atoms with Crippen molar-refractivity contribution in [2.45, 2.75) is 26.8 Å². The molecule has 19 heavy (non-hydrogen) atoms. The Balaban J connectivity index is 2.55. The summed E-state index contributed by atoms with van der Waals surface area (Å²) in [6.45, 7) is 3.74. The highest BCUT2D eigenvalue weighted by atomic mass is 16.3. The molecule has 0 saturated carbocycles. The number of aromatic nitrogens is 3. The van der Waals surface area contributed by atoms with Gasteiger partial charge >= 0.3 is 5.69 Å². The van der Waals surface area contributed by atoms with Crippen LogP contribution in [0.4, 0.5) is 0 Å². The van der Waals surface area contributed by atoms with Crippen LogP contribution < -0.4 is 11.2 Å². The molecule has 0 bridgehead atoms. The zero-order chi connectivity index (χ0) is 14.0. The van der Waals surface area contributed by atoms with Crippen molar-refractivity contribution in [2.75, 3.05) is 0 Å². The molecule has 0 aliphatic heterocycles. The number of hydrogen-bond acceptors (Lipinski definition) is 4. The Hall–Kier alpha value is -2.37. The Labute approximate surface area is 109 Å². The maximum Gasteiger partial charge on any atom is 0.331 e. The first-order valence-corrected chi connectivity index (χ1v) is 6.00. The average Bonchev–Trinajstić information content (AvgIpc) is 2.36. The first-order valence-electron chi connectivity index (χ1n) is 6.00. The van der Waals surface area contributed by atoms with Crippen molar-refractivity contribution in [3.63, 3.8) is 0 Å². The number of pyridine rings is 1. The SMILES string of the molecule is CCc1c(O)n(Cc2ncccc2C)c(=O)[nH]c1=O. The van der Waals surface area contributed by atoms with E-state index in [1.165, 1.54) is 0 Å². The fourth-order valence-electron chi connectivity index (χ4n) is 1.90. The van der Waals surface area contributed by atoms with Crippen molar-refractivity contribution in [2.24, 2.45) is 0 Å². The molecule has 0 radical (unpaired) electrons. The molecule has 0 amide bonds. The third-order valence-electron chi connectivity index (χ3n) is 3.04. The highest BCUT2D eigenvalue weighted by Crippen LogP contribution is 2.13. The molecule has 2 aromatic rings. The zero-order valence-electron chi connectivity index (χ0n) is 10.8. The van der Waals surface area contributed by atoms with E-state index < -0.39 is 11.2 Å². The highest BCUT2D eigenvalue weighted by molar-refractivity contribution is 5.25. The molecule has 0 unspecified atom stereocenters. The summed E-state index contributed by atoms with van der Waals surface area (Å²) in [6.07, 6.45) is 1.97. The van der Waals surface area contributed by atoms with Crippen molar-refractivity contribution in [3.05, 3.63) is 56.0 Å². The summed E-state index contributed by atoms with van der Waals surface area (Å²) in [5.74, 6) is -0.290. The van der Waals surface area contributed by atoms with Crippen LogP contribution in [0, 0.1) is 6.92 Å². The van der Waals surface area contributed by atoms with Crippen LogP contribution in [0.3, 0.4) is 0 Å². The second-order valence-electron chi connectivity index (χ2n) is 4.27. The van der Waals surface area contributed by atoms with E-state index in [1.807, 2.05) is 13.0 Å². The van der Waals surface area contributed by atoms with Gasteiger partial charge in [-0.15, -0.1) is 0 Å². The van der Waals surface area contributed by atoms with E-state index in [1.54, 1.807) is 19.2 Å². The normalized spacial score (nSPS) is 10.6. The standard InChI is InChI=1S/C13H15N3O3/c1-3-9-11(17)15-13(19)16(12(9)18)7-10-8(2)5-4-6-14-10/h4-6,18H,3,7H2,1-2H3,(H,15,17,19). The maximum absolute atomic E-state index is 11.8. The number of aryl methyl sites for hydroxylation is 1. The van der Waals surface area contributed by atoms with Gasteiger partial charge in [-0.2, -0.15) is 0 Å².